The van der Waals surface area contributed by atoms with Gasteiger partial charge in [0, 0.05) is 19.5 Å². The molecule has 0 radical (unpaired) electrons. The quantitative estimate of drug-likeness (QED) is 0.161. The van der Waals surface area contributed by atoms with Crippen LogP contribution in [0.3, 0.4) is 0 Å². The van der Waals surface area contributed by atoms with E-state index in [4.69, 9.17) is 0 Å². The smallest absolute Gasteiger partial charge is 0.0449 e. The van der Waals surface area contributed by atoms with E-state index in [1.807, 2.05) is 22.7 Å². The lowest BCUT2D eigenvalue weighted by molar-refractivity contribution is 1.74. The van der Waals surface area contributed by atoms with Gasteiger partial charge < -0.3 is 0 Å². The number of rotatable bonds is 3. The first kappa shape index (κ1) is 21.8. The minimum Gasteiger partial charge on any atom is -0.134 e. The van der Waals surface area contributed by atoms with Crippen molar-refractivity contribution >= 4 is 65.8 Å². The highest BCUT2D eigenvalue weighted by Crippen LogP contribution is 2.42. The first-order chi connectivity index (χ1) is 18.8. The minimum atomic E-state index is 1.28. The Morgan fingerprint density at radius 2 is 0.947 bits per heavy atom. The van der Waals surface area contributed by atoms with Gasteiger partial charge in [0.25, 0.3) is 0 Å². The number of benzene rings is 6. The highest BCUT2D eigenvalue weighted by atomic mass is 32.1. The van der Waals surface area contributed by atoms with E-state index in [0.717, 1.165) is 0 Å². The molecule has 0 amide bonds. The van der Waals surface area contributed by atoms with Crippen LogP contribution in [-0.2, 0) is 0 Å². The van der Waals surface area contributed by atoms with Crippen molar-refractivity contribution < 1.29 is 0 Å². The third kappa shape index (κ3) is 3.57. The molecular weight excluding hydrogens is 497 g/mol. The zero-order valence-corrected chi connectivity index (χ0v) is 22.2. The van der Waals surface area contributed by atoms with Gasteiger partial charge >= 0.3 is 0 Å². The normalized spacial score (nSPS) is 11.7. The standard InChI is InChI=1S/C36H22S2/c1-3-9-29-23(6-1)8-5-11-31(29)34-17-19-36(38-34)35-18-16-33(37-35)27-15-13-25-22-32-26(20-28(25)21-27)14-12-24-7-2-4-10-30(24)32/h1-22H. The number of fused-ring (bicyclic) bond motifs is 5. The van der Waals surface area contributed by atoms with Crippen molar-refractivity contribution in [2.24, 2.45) is 0 Å². The van der Waals surface area contributed by atoms with E-state index in [9.17, 15) is 0 Å². The molecule has 2 aromatic heterocycles. The molecule has 38 heavy (non-hydrogen) atoms. The number of thiophene rings is 2. The summed E-state index contributed by atoms with van der Waals surface area (Å²) in [5.74, 6) is 0. The molecule has 0 nitrogen and oxygen atoms in total. The molecule has 0 fully saturated rings. The van der Waals surface area contributed by atoms with Gasteiger partial charge in [-0.15, -0.1) is 22.7 Å². The van der Waals surface area contributed by atoms with Gasteiger partial charge in [0.05, 0.1) is 0 Å². The molecule has 0 saturated carbocycles. The average Bonchev–Trinajstić information content (AvgIpc) is 3.66. The molecule has 2 heterocycles. The third-order valence-corrected chi connectivity index (χ3v) is 9.95. The first-order valence-electron chi connectivity index (χ1n) is 12.8. The lowest BCUT2D eigenvalue weighted by Gasteiger charge is -2.08. The molecule has 8 aromatic rings. The van der Waals surface area contributed by atoms with Crippen molar-refractivity contribution in [2.45, 2.75) is 0 Å². The van der Waals surface area contributed by atoms with Crippen molar-refractivity contribution in [3.63, 3.8) is 0 Å². The van der Waals surface area contributed by atoms with Crippen LogP contribution < -0.4 is 0 Å². The fourth-order valence-electron chi connectivity index (χ4n) is 5.59. The third-order valence-electron chi connectivity index (χ3n) is 7.50. The van der Waals surface area contributed by atoms with Gasteiger partial charge in [0.1, 0.15) is 0 Å². The van der Waals surface area contributed by atoms with Crippen molar-refractivity contribution in [1.29, 1.82) is 0 Å². The molecule has 8 rings (SSSR count). The van der Waals surface area contributed by atoms with Gasteiger partial charge in [-0.3, -0.25) is 0 Å². The molecular formula is C36H22S2. The summed E-state index contributed by atoms with van der Waals surface area (Å²) in [6, 6.07) is 49.0. The average molecular weight is 519 g/mol. The highest BCUT2D eigenvalue weighted by Gasteiger charge is 2.11. The summed E-state index contributed by atoms with van der Waals surface area (Å²) < 4.78 is 0. The van der Waals surface area contributed by atoms with E-state index >= 15 is 0 Å². The number of hydrogen-bond acceptors (Lipinski definition) is 2. The zero-order valence-electron chi connectivity index (χ0n) is 20.5. The largest absolute Gasteiger partial charge is 0.134 e. The van der Waals surface area contributed by atoms with E-state index in [-0.39, 0.29) is 0 Å². The van der Waals surface area contributed by atoms with Gasteiger partial charge in [-0.2, -0.15) is 0 Å². The molecule has 0 unspecified atom stereocenters. The summed E-state index contributed by atoms with van der Waals surface area (Å²) in [5, 5.41) is 10.4. The van der Waals surface area contributed by atoms with Crippen LogP contribution in [0.1, 0.15) is 0 Å². The highest BCUT2D eigenvalue weighted by molar-refractivity contribution is 7.25. The Morgan fingerprint density at radius 3 is 1.82 bits per heavy atom. The van der Waals surface area contributed by atoms with Crippen LogP contribution in [0.15, 0.2) is 133 Å². The fraction of sp³-hybridized carbons (Fsp3) is 0. The zero-order chi connectivity index (χ0) is 25.1. The van der Waals surface area contributed by atoms with Crippen molar-refractivity contribution in [3.8, 4) is 30.6 Å². The first-order valence-corrected chi connectivity index (χ1v) is 14.5. The van der Waals surface area contributed by atoms with E-state index in [1.165, 1.54) is 73.7 Å². The second-order valence-corrected chi connectivity index (χ2v) is 11.9. The van der Waals surface area contributed by atoms with Crippen molar-refractivity contribution in [3.05, 3.63) is 133 Å². The lowest BCUT2D eigenvalue weighted by Crippen LogP contribution is -1.81. The van der Waals surface area contributed by atoms with Crippen LogP contribution in [0, 0.1) is 0 Å². The molecule has 6 aromatic carbocycles. The lowest BCUT2D eigenvalue weighted by atomic mass is 9.97. The Hall–Kier alpha value is -4.24. The molecule has 0 spiro atoms. The molecule has 2 heteroatoms. The van der Waals surface area contributed by atoms with E-state index in [2.05, 4.69) is 133 Å². The van der Waals surface area contributed by atoms with Crippen LogP contribution >= 0.6 is 22.7 Å². The van der Waals surface area contributed by atoms with Crippen LogP contribution in [0.25, 0.3) is 73.7 Å². The molecule has 0 atom stereocenters. The molecule has 0 N–H and O–H groups in total. The summed E-state index contributed by atoms with van der Waals surface area (Å²) >= 11 is 3.75. The number of hydrogen-bond donors (Lipinski definition) is 0. The van der Waals surface area contributed by atoms with Gasteiger partial charge in [0.2, 0.25) is 0 Å². The van der Waals surface area contributed by atoms with Crippen molar-refractivity contribution in [2.75, 3.05) is 0 Å². The molecule has 0 saturated heterocycles. The molecule has 0 aliphatic carbocycles. The topological polar surface area (TPSA) is 0 Å². The van der Waals surface area contributed by atoms with E-state index in [1.54, 1.807) is 0 Å². The van der Waals surface area contributed by atoms with Crippen LogP contribution in [-0.4, -0.2) is 0 Å². The van der Waals surface area contributed by atoms with Gasteiger partial charge in [0.15, 0.2) is 0 Å². The minimum absolute atomic E-state index is 1.28. The van der Waals surface area contributed by atoms with Crippen molar-refractivity contribution in [1.82, 2.24) is 0 Å². The van der Waals surface area contributed by atoms with E-state index < -0.39 is 0 Å². The Balaban J connectivity index is 1.16. The Labute approximate surface area is 229 Å². The summed E-state index contributed by atoms with van der Waals surface area (Å²) in [6.45, 7) is 0. The van der Waals surface area contributed by atoms with Crippen LogP contribution in [0.2, 0.25) is 0 Å². The summed E-state index contributed by atoms with van der Waals surface area (Å²) in [7, 11) is 0. The molecule has 0 aliphatic heterocycles. The summed E-state index contributed by atoms with van der Waals surface area (Å²) in [4.78, 5) is 5.27. The van der Waals surface area contributed by atoms with Gasteiger partial charge in [-0.1, -0.05) is 91.0 Å². The predicted octanol–water partition coefficient (Wildman–Crippen LogP) is 11.4. The maximum atomic E-state index is 2.34. The maximum Gasteiger partial charge on any atom is 0.0449 e. The Bertz CT molecular complexity index is 2140. The summed E-state index contributed by atoms with van der Waals surface area (Å²) in [6.07, 6.45) is 0. The molecule has 0 bridgehead atoms. The Kier molecular flexibility index (Phi) is 4.97. The van der Waals surface area contributed by atoms with E-state index in [0.29, 0.717) is 0 Å². The molecule has 0 aliphatic rings. The second kappa shape index (κ2) is 8.66. The SMILES string of the molecule is c1ccc2c(-c3ccc(-c4ccc(-c5ccc6cc7c(ccc8ccccc87)cc6c5)s4)s3)cccc2c1. The fourth-order valence-corrected chi connectivity index (χ4v) is 7.73. The van der Waals surface area contributed by atoms with Gasteiger partial charge in [-0.05, 0) is 96.7 Å². The van der Waals surface area contributed by atoms with Gasteiger partial charge in [-0.25, -0.2) is 0 Å². The molecule has 178 valence electrons. The summed E-state index contributed by atoms with van der Waals surface area (Å²) in [5.41, 5.74) is 2.59. The monoisotopic (exact) mass is 518 g/mol. The predicted molar refractivity (Wildman–Crippen MR) is 169 cm³/mol. The maximum absolute atomic E-state index is 2.34. The second-order valence-electron chi connectivity index (χ2n) is 9.78. The Morgan fingerprint density at radius 1 is 0.316 bits per heavy atom. The van der Waals surface area contributed by atoms with Crippen LogP contribution in [0.4, 0.5) is 0 Å². The van der Waals surface area contributed by atoms with Crippen LogP contribution in [0.5, 0.6) is 0 Å².